The zero-order valence-electron chi connectivity index (χ0n) is 18.2. The van der Waals surface area contributed by atoms with Crippen molar-refractivity contribution in [2.45, 2.75) is 102 Å². The van der Waals surface area contributed by atoms with Crippen LogP contribution in [0, 0.1) is 0 Å². The van der Waals surface area contributed by atoms with E-state index in [-0.39, 0.29) is 11.3 Å². The van der Waals surface area contributed by atoms with Crippen molar-refractivity contribution in [2.24, 2.45) is 0 Å². The van der Waals surface area contributed by atoms with E-state index in [9.17, 15) is 4.79 Å². The summed E-state index contributed by atoms with van der Waals surface area (Å²) in [4.78, 5) is 13.8. The number of alkyl halides is 1. The molecule has 0 saturated heterocycles. The lowest BCUT2D eigenvalue weighted by molar-refractivity contribution is -0.139. The van der Waals surface area contributed by atoms with Gasteiger partial charge < -0.3 is 9.64 Å². The van der Waals surface area contributed by atoms with Gasteiger partial charge in [-0.1, -0.05) is 97.0 Å². The van der Waals surface area contributed by atoms with Crippen LogP contribution in [-0.2, 0) is 9.53 Å². The number of rotatable bonds is 19. The molecule has 0 spiro atoms. The van der Waals surface area contributed by atoms with Gasteiger partial charge in [0, 0.05) is 12.1 Å². The summed E-state index contributed by atoms with van der Waals surface area (Å²) in [5.41, 5.74) is 0.398. The molecule has 0 fully saturated rings. The van der Waals surface area contributed by atoms with E-state index in [2.05, 4.69) is 13.5 Å². The fraction of sp³-hybridized carbons (Fsp3) is 0.870. The summed E-state index contributed by atoms with van der Waals surface area (Å²) >= 11 is 6.30. The molecular formula is C23H44ClNO2. The Morgan fingerprint density at radius 3 is 1.78 bits per heavy atom. The third-order valence-corrected chi connectivity index (χ3v) is 5.45. The third kappa shape index (κ3) is 17.3. The number of carbonyl (C=O) groups excluding carboxylic acids is 1. The van der Waals surface area contributed by atoms with Crippen molar-refractivity contribution in [1.29, 1.82) is 0 Å². The largest absolute Gasteiger partial charge is 0.461 e. The molecule has 0 amide bonds. The van der Waals surface area contributed by atoms with E-state index < -0.39 is 0 Å². The molecule has 0 aliphatic rings. The highest BCUT2D eigenvalue weighted by molar-refractivity contribution is 6.25. The Hall–Kier alpha value is -0.540. The Bertz CT molecular complexity index is 371. The van der Waals surface area contributed by atoms with Gasteiger partial charge in [0.05, 0.1) is 5.38 Å². The maximum Gasteiger partial charge on any atom is 0.334 e. The van der Waals surface area contributed by atoms with Gasteiger partial charge in [0.2, 0.25) is 0 Å². The molecule has 0 heterocycles. The van der Waals surface area contributed by atoms with E-state index >= 15 is 0 Å². The van der Waals surface area contributed by atoms with Gasteiger partial charge in [0.15, 0.2) is 0 Å². The van der Waals surface area contributed by atoms with Crippen LogP contribution < -0.4 is 0 Å². The van der Waals surface area contributed by atoms with Crippen molar-refractivity contribution in [3.05, 3.63) is 12.2 Å². The van der Waals surface area contributed by atoms with Crippen LogP contribution in [0.3, 0.4) is 0 Å². The molecule has 1 unspecified atom stereocenters. The van der Waals surface area contributed by atoms with Crippen molar-refractivity contribution in [3.63, 3.8) is 0 Å². The number of hydrogen-bond acceptors (Lipinski definition) is 3. The van der Waals surface area contributed by atoms with Gasteiger partial charge in [-0.05, 0) is 20.5 Å². The van der Waals surface area contributed by atoms with Crippen LogP contribution in [0.15, 0.2) is 12.2 Å². The topological polar surface area (TPSA) is 29.5 Å². The predicted octanol–water partition coefficient (Wildman–Crippen LogP) is 6.74. The molecule has 0 aliphatic heterocycles. The second-order valence-electron chi connectivity index (χ2n) is 7.96. The molecule has 0 bridgehead atoms. The lowest BCUT2D eigenvalue weighted by Crippen LogP contribution is -2.22. The summed E-state index contributed by atoms with van der Waals surface area (Å²) in [5.74, 6) is -0.355. The number of unbranched alkanes of at least 4 members (excludes halogenated alkanes) is 12. The van der Waals surface area contributed by atoms with Gasteiger partial charge in [0.25, 0.3) is 0 Å². The predicted molar refractivity (Wildman–Crippen MR) is 119 cm³/mol. The first-order valence-electron chi connectivity index (χ1n) is 11.1. The second-order valence-corrected chi connectivity index (χ2v) is 8.49. The van der Waals surface area contributed by atoms with Gasteiger partial charge in [-0.15, -0.1) is 11.6 Å². The van der Waals surface area contributed by atoms with Gasteiger partial charge in [0.1, 0.15) is 6.61 Å². The molecule has 0 aromatic carbocycles. The normalized spacial score (nSPS) is 12.3. The van der Waals surface area contributed by atoms with Gasteiger partial charge in [-0.2, -0.15) is 0 Å². The first-order chi connectivity index (χ1) is 13.0. The van der Waals surface area contributed by atoms with E-state index in [0.717, 1.165) is 12.8 Å². The summed E-state index contributed by atoms with van der Waals surface area (Å²) in [7, 11) is 3.89. The summed E-state index contributed by atoms with van der Waals surface area (Å²) < 4.78 is 5.19. The number of esters is 1. The summed E-state index contributed by atoms with van der Waals surface area (Å²) in [6.45, 7) is 7.18. The summed E-state index contributed by atoms with van der Waals surface area (Å²) in [6.07, 6.45) is 18.1. The highest BCUT2D eigenvalue weighted by Crippen LogP contribution is 2.19. The van der Waals surface area contributed by atoms with E-state index in [0.29, 0.717) is 18.7 Å². The van der Waals surface area contributed by atoms with Crippen LogP contribution in [0.2, 0.25) is 0 Å². The van der Waals surface area contributed by atoms with Crippen LogP contribution in [0.1, 0.15) is 96.8 Å². The number of hydrogen-bond donors (Lipinski definition) is 0. The molecule has 0 rings (SSSR count). The van der Waals surface area contributed by atoms with Crippen LogP contribution in [0.5, 0.6) is 0 Å². The fourth-order valence-electron chi connectivity index (χ4n) is 3.06. The first kappa shape index (κ1) is 26.5. The molecular weight excluding hydrogens is 358 g/mol. The van der Waals surface area contributed by atoms with Crippen LogP contribution in [0.25, 0.3) is 0 Å². The maximum absolute atomic E-state index is 11.9. The van der Waals surface area contributed by atoms with E-state index in [4.69, 9.17) is 16.3 Å². The Kier molecular flexibility index (Phi) is 18.4. The first-order valence-corrected chi connectivity index (χ1v) is 11.6. The molecule has 0 N–H and O–H groups in total. The minimum Gasteiger partial charge on any atom is -0.461 e. The molecule has 0 aromatic rings. The van der Waals surface area contributed by atoms with E-state index in [1.807, 2.05) is 19.0 Å². The number of ether oxygens (including phenoxy) is 1. The Labute approximate surface area is 173 Å². The molecule has 0 aromatic heterocycles. The van der Waals surface area contributed by atoms with Crippen LogP contribution in [0.4, 0.5) is 0 Å². The lowest BCUT2D eigenvalue weighted by atomic mass is 10.0. The van der Waals surface area contributed by atoms with Crippen molar-refractivity contribution in [2.75, 3.05) is 27.2 Å². The molecule has 27 heavy (non-hydrogen) atoms. The number of likely N-dealkylation sites (N-methyl/N-ethyl adjacent to an activating group) is 1. The minimum atomic E-state index is -0.355. The average molecular weight is 402 g/mol. The number of carbonyl (C=O) groups is 1. The number of nitrogens with zero attached hydrogens (tertiary/aromatic N) is 1. The minimum absolute atomic E-state index is 0.301. The molecule has 3 nitrogen and oxygen atoms in total. The monoisotopic (exact) mass is 401 g/mol. The Balaban J connectivity index is 3.45. The standard InChI is InChI=1S/C23H44ClNO2/c1-5-6-7-8-9-10-11-12-13-14-15-16-17-18-22(24)21(2)23(26)27-20-19-25(3)4/h22H,2,5-20H2,1,3-4H3. The van der Waals surface area contributed by atoms with E-state index in [1.165, 1.54) is 77.0 Å². The second kappa shape index (κ2) is 18.8. The third-order valence-electron chi connectivity index (χ3n) is 4.97. The van der Waals surface area contributed by atoms with Gasteiger partial charge in [-0.25, -0.2) is 4.79 Å². The SMILES string of the molecule is C=C(C(=O)OCCN(C)C)C(Cl)CCCCCCCCCCCCCCC. The lowest BCUT2D eigenvalue weighted by Gasteiger charge is -2.14. The zero-order chi connectivity index (χ0) is 20.3. The van der Waals surface area contributed by atoms with Crippen LogP contribution >= 0.6 is 11.6 Å². The molecule has 4 heteroatoms. The zero-order valence-corrected chi connectivity index (χ0v) is 19.0. The summed E-state index contributed by atoms with van der Waals surface area (Å²) in [6, 6.07) is 0. The average Bonchev–Trinajstić information content (AvgIpc) is 2.64. The quantitative estimate of drug-likeness (QED) is 0.104. The molecule has 1 atom stereocenters. The van der Waals surface area contributed by atoms with Gasteiger partial charge in [-0.3, -0.25) is 0 Å². The molecule has 0 saturated carbocycles. The Morgan fingerprint density at radius 1 is 0.889 bits per heavy atom. The van der Waals surface area contributed by atoms with E-state index in [1.54, 1.807) is 0 Å². The summed E-state index contributed by atoms with van der Waals surface area (Å²) in [5, 5.41) is -0.301. The number of halogens is 1. The Morgan fingerprint density at radius 2 is 1.33 bits per heavy atom. The van der Waals surface area contributed by atoms with Crippen molar-refractivity contribution in [3.8, 4) is 0 Å². The van der Waals surface area contributed by atoms with Crippen molar-refractivity contribution in [1.82, 2.24) is 4.90 Å². The van der Waals surface area contributed by atoms with Gasteiger partial charge >= 0.3 is 5.97 Å². The molecule has 160 valence electrons. The van der Waals surface area contributed by atoms with Crippen molar-refractivity contribution >= 4 is 17.6 Å². The van der Waals surface area contributed by atoms with Crippen molar-refractivity contribution < 1.29 is 9.53 Å². The smallest absolute Gasteiger partial charge is 0.334 e. The molecule has 0 aliphatic carbocycles. The highest BCUT2D eigenvalue weighted by Gasteiger charge is 2.17. The molecule has 0 radical (unpaired) electrons. The highest BCUT2D eigenvalue weighted by atomic mass is 35.5. The van der Waals surface area contributed by atoms with Crippen LogP contribution in [-0.4, -0.2) is 43.5 Å². The maximum atomic E-state index is 11.9. The fourth-order valence-corrected chi connectivity index (χ4v) is 3.30.